The van der Waals surface area contributed by atoms with E-state index in [4.69, 9.17) is 44.1 Å². The molecule has 0 spiro atoms. The van der Waals surface area contributed by atoms with E-state index in [-0.39, 0.29) is 35.0 Å². The van der Waals surface area contributed by atoms with Gasteiger partial charge in [0.2, 0.25) is 0 Å². The highest BCUT2D eigenvalue weighted by Gasteiger charge is 2.39. The third-order valence-electron chi connectivity index (χ3n) is 22.2. The molecule has 12 aliphatic carbocycles. The largest absolute Gasteiger partial charge is 0.507 e. The first-order chi connectivity index (χ1) is 54.6. The SMILES string of the molecule is COc1ccc(-c2cc(-c3ccccc3)nc(C3=CC=C4C=CC5=C6C(=CC=C3C46)CC=C5)n2)c(O)c1.COc1ccc(-c2cc(C3=CC=C4C=CC5=C6C(=CC=C3C46)CC=C5)nc(-c3ccccc3)n2)c(O)c1.COc1ccc(-c2nc(C3=CC=C4C=CC5=C6C(=CC=C3C46)CC=C5)cc(-c3ccccc3)n2)c(O)c1. The van der Waals surface area contributed by atoms with Crippen LogP contribution in [0.4, 0.5) is 0 Å². The van der Waals surface area contributed by atoms with Gasteiger partial charge >= 0.3 is 0 Å². The average Bonchev–Trinajstić information content (AvgIpc) is 0.744. The maximum Gasteiger partial charge on any atom is 0.164 e. The van der Waals surface area contributed by atoms with Crippen molar-refractivity contribution in [1.82, 2.24) is 29.9 Å². The molecule has 3 aromatic heterocycles. The van der Waals surface area contributed by atoms with Gasteiger partial charge < -0.3 is 29.5 Å². The van der Waals surface area contributed by atoms with Crippen LogP contribution in [0.1, 0.15) is 36.5 Å². The Morgan fingerprint density at radius 1 is 0.288 bits per heavy atom. The molecule has 12 aliphatic rings. The van der Waals surface area contributed by atoms with E-state index in [1.165, 1.54) is 83.6 Å². The quantitative estimate of drug-likeness (QED) is 0.106. The Labute approximate surface area is 643 Å². The van der Waals surface area contributed by atoms with E-state index in [1.807, 2.05) is 140 Å². The fourth-order valence-electron chi connectivity index (χ4n) is 16.9. The van der Waals surface area contributed by atoms with Crippen LogP contribution >= 0.6 is 0 Å². The zero-order valence-electron chi connectivity index (χ0n) is 61.0. The van der Waals surface area contributed by atoms with E-state index in [0.29, 0.717) is 62.8 Å². The fraction of sp³-hybridized carbons (Fsp3) is 0.0909. The molecule has 111 heavy (non-hydrogen) atoms. The molecule has 0 saturated heterocycles. The van der Waals surface area contributed by atoms with Crippen LogP contribution in [0.5, 0.6) is 34.5 Å². The molecule has 12 nitrogen and oxygen atoms in total. The van der Waals surface area contributed by atoms with Crippen molar-refractivity contribution in [1.29, 1.82) is 0 Å². The van der Waals surface area contributed by atoms with Gasteiger partial charge in [-0.3, -0.25) is 0 Å². The zero-order chi connectivity index (χ0) is 74.8. The smallest absolute Gasteiger partial charge is 0.164 e. The van der Waals surface area contributed by atoms with Crippen LogP contribution in [0.25, 0.3) is 84.5 Å². The highest BCUT2D eigenvalue weighted by Crippen LogP contribution is 2.55. The van der Waals surface area contributed by atoms with Gasteiger partial charge in [0, 0.05) is 80.5 Å². The molecule has 3 heterocycles. The number of phenols is 3. The van der Waals surface area contributed by atoms with Gasteiger partial charge in [-0.05, 0) is 157 Å². The summed E-state index contributed by atoms with van der Waals surface area (Å²) in [6.45, 7) is 0. The minimum absolute atomic E-state index is 0.0842. The Morgan fingerprint density at radius 3 is 1.05 bits per heavy atom. The summed E-state index contributed by atoms with van der Waals surface area (Å²) < 4.78 is 15.9. The minimum atomic E-state index is 0.0842. The van der Waals surface area contributed by atoms with Crippen molar-refractivity contribution in [3.63, 3.8) is 0 Å². The van der Waals surface area contributed by atoms with Crippen LogP contribution in [0.3, 0.4) is 0 Å². The molecule has 6 aromatic carbocycles. The molecule has 3 unspecified atom stereocenters. The Bertz CT molecular complexity index is 5640. The normalized spacial score (nSPS) is 19.0. The summed E-state index contributed by atoms with van der Waals surface area (Å²) >= 11 is 0. The van der Waals surface area contributed by atoms with Crippen LogP contribution in [-0.4, -0.2) is 66.6 Å². The number of benzene rings is 6. The summed E-state index contributed by atoms with van der Waals surface area (Å²) in [6, 6.07) is 51.9. The molecule has 0 fully saturated rings. The van der Waals surface area contributed by atoms with Crippen LogP contribution in [0.15, 0.2) is 393 Å². The van der Waals surface area contributed by atoms with Crippen LogP contribution in [-0.2, 0) is 0 Å². The molecule has 0 bridgehead atoms. The summed E-state index contributed by atoms with van der Waals surface area (Å²) in [4.78, 5) is 29.9. The first kappa shape index (κ1) is 67.5. The number of allylic oxidation sites excluding steroid dienone is 42. The predicted molar refractivity (Wildman–Crippen MR) is 440 cm³/mol. The summed E-state index contributed by atoms with van der Waals surface area (Å²) in [6.07, 6.45) is 56.3. The standard InChI is InChI=1S/3C33H24N2O2/c1-37-24-14-17-27(30(36)18-24)29-19-28(34-33(35-29)23-6-3-2-4-7-23)25-15-12-22-11-10-20-8-5-9-21-13-16-26(25)32(22)31(20)21;1-37-24-14-17-27(30(36)18-24)33-34-28(20-6-3-2-4-7-20)19-29(35-33)25-15-12-23-11-10-21-8-5-9-22-13-16-26(25)32(23)31(21)22;1-37-24-14-17-27(30(36)18-24)29-19-28(20-6-3-2-4-7-20)34-33(35-29)26-16-13-23-11-10-21-8-5-9-22-12-15-25(26)32(23)31(21)22/h3*2-8,10-19,32,36H,9H2,1H3. The molecular weight excluding hydrogens is 1370 g/mol. The number of hydrogen-bond donors (Lipinski definition) is 3. The third-order valence-corrected chi connectivity index (χ3v) is 22.2. The monoisotopic (exact) mass is 1440 g/mol. The maximum atomic E-state index is 10.8. The van der Waals surface area contributed by atoms with Gasteiger partial charge in [0.15, 0.2) is 17.5 Å². The number of aromatic nitrogens is 6. The summed E-state index contributed by atoms with van der Waals surface area (Å²) in [5.41, 5.74) is 32.4. The lowest BCUT2D eigenvalue weighted by Gasteiger charge is -2.37. The first-order valence-corrected chi connectivity index (χ1v) is 37.3. The third kappa shape index (κ3) is 12.3. The molecule has 3 N–H and O–H groups in total. The number of methoxy groups -OCH3 is 3. The number of aromatic hydroxyl groups is 3. The van der Waals surface area contributed by atoms with Crippen molar-refractivity contribution in [2.45, 2.75) is 19.3 Å². The van der Waals surface area contributed by atoms with E-state index in [9.17, 15) is 15.3 Å². The van der Waals surface area contributed by atoms with Crippen molar-refractivity contribution in [2.75, 3.05) is 21.3 Å². The van der Waals surface area contributed by atoms with Gasteiger partial charge in [-0.2, -0.15) is 0 Å². The lowest BCUT2D eigenvalue weighted by atomic mass is 9.67. The summed E-state index contributed by atoms with van der Waals surface area (Å²) in [5, 5.41) is 32.4. The predicted octanol–water partition coefficient (Wildman–Crippen LogP) is 21.5. The van der Waals surface area contributed by atoms with Crippen molar-refractivity contribution < 1.29 is 29.5 Å². The van der Waals surface area contributed by atoms with Gasteiger partial charge in [-0.1, -0.05) is 237 Å². The molecule has 9 aromatic rings. The first-order valence-electron chi connectivity index (χ1n) is 37.3. The van der Waals surface area contributed by atoms with E-state index in [1.54, 1.807) is 39.5 Å². The lowest BCUT2D eigenvalue weighted by molar-refractivity contribution is 0.407. The molecular formula is C99H72N6O6. The molecule has 0 aliphatic heterocycles. The molecule has 0 amide bonds. The van der Waals surface area contributed by atoms with Crippen molar-refractivity contribution in [3.8, 4) is 102 Å². The second-order valence-electron chi connectivity index (χ2n) is 28.5. The van der Waals surface area contributed by atoms with Gasteiger partial charge in [0.1, 0.15) is 34.5 Å². The topological polar surface area (TPSA) is 166 Å². The van der Waals surface area contributed by atoms with E-state index in [2.05, 4.69) is 152 Å². The second kappa shape index (κ2) is 28.2. The van der Waals surface area contributed by atoms with Crippen LogP contribution in [0, 0.1) is 17.8 Å². The Balaban J connectivity index is 0.000000112. The lowest BCUT2D eigenvalue weighted by Crippen LogP contribution is -2.23. The van der Waals surface area contributed by atoms with Gasteiger partial charge in [-0.15, -0.1) is 0 Å². The van der Waals surface area contributed by atoms with Crippen molar-refractivity contribution in [2.24, 2.45) is 17.8 Å². The summed E-state index contributed by atoms with van der Waals surface area (Å²) in [5.74, 6) is 4.44. The van der Waals surface area contributed by atoms with E-state index >= 15 is 0 Å². The molecule has 0 saturated carbocycles. The van der Waals surface area contributed by atoms with Crippen LogP contribution < -0.4 is 14.2 Å². The van der Waals surface area contributed by atoms with Crippen LogP contribution in [0.2, 0.25) is 0 Å². The second-order valence-corrected chi connectivity index (χ2v) is 28.5. The summed E-state index contributed by atoms with van der Waals surface area (Å²) in [7, 11) is 4.75. The van der Waals surface area contributed by atoms with Crippen molar-refractivity contribution >= 4 is 16.7 Å². The fourth-order valence-corrected chi connectivity index (χ4v) is 16.9. The van der Waals surface area contributed by atoms with Gasteiger partial charge in [0.25, 0.3) is 0 Å². The number of phenolic OH excluding ortho intramolecular Hbond substituents is 3. The Kier molecular flexibility index (Phi) is 17.2. The number of hydrogen-bond acceptors (Lipinski definition) is 12. The average molecular weight is 1440 g/mol. The number of rotatable bonds is 12. The highest BCUT2D eigenvalue weighted by molar-refractivity contribution is 5.92. The zero-order valence-corrected chi connectivity index (χ0v) is 61.0. The number of nitrogens with zero attached hydrogens (tertiary/aromatic N) is 6. The highest BCUT2D eigenvalue weighted by atomic mass is 16.5. The molecule has 21 rings (SSSR count). The van der Waals surface area contributed by atoms with Gasteiger partial charge in [-0.25, -0.2) is 29.9 Å². The number of ether oxygens (including phenoxy) is 3. The minimum Gasteiger partial charge on any atom is -0.507 e. The maximum absolute atomic E-state index is 10.8. The Hall–Kier alpha value is -14.1. The molecule has 12 heteroatoms. The van der Waals surface area contributed by atoms with Gasteiger partial charge in [0.05, 0.1) is 61.1 Å². The van der Waals surface area contributed by atoms with E-state index < -0.39 is 0 Å². The molecule has 0 radical (unpaired) electrons. The Morgan fingerprint density at radius 2 is 0.631 bits per heavy atom. The van der Waals surface area contributed by atoms with E-state index in [0.717, 1.165) is 75.4 Å². The molecule has 534 valence electrons. The van der Waals surface area contributed by atoms with Crippen molar-refractivity contribution in [3.05, 3.63) is 410 Å². The molecule has 3 atom stereocenters.